The molecule has 4 aromatic rings. The van der Waals surface area contributed by atoms with Crippen molar-refractivity contribution < 1.29 is 31.0 Å². The molecule has 0 unspecified atom stereocenters. The molecule has 4 aromatic carbocycles. The van der Waals surface area contributed by atoms with E-state index in [1.165, 1.54) is 12.1 Å². The van der Waals surface area contributed by atoms with Crippen LogP contribution in [0.5, 0.6) is 5.75 Å². The number of nitrogens with zero attached hydrogens (tertiary/aromatic N) is 2. The first-order chi connectivity index (χ1) is 17.2. The Morgan fingerprint density at radius 2 is 1.32 bits per heavy atom. The monoisotopic (exact) mass is 541 g/mol. The molecule has 37 heavy (non-hydrogen) atoms. The number of phenolic OH excluding ortho intramolecular Hbond substituents is 1. The number of fused-ring (bicyclic) bond motifs is 1. The predicted octanol–water partition coefficient (Wildman–Crippen LogP) is 5.63. The number of nitrogen functional groups attached to an aromatic ring is 1. The smallest absolute Gasteiger partial charge is 0.296 e. The van der Waals surface area contributed by atoms with Crippen LogP contribution in [-0.4, -0.2) is 31.0 Å². The summed E-state index contributed by atoms with van der Waals surface area (Å²) < 4.78 is 66.3. The fraction of sp³-hybridized carbons (Fsp3) is 0.120. The van der Waals surface area contributed by atoms with Gasteiger partial charge in [-0.3, -0.25) is 9.11 Å². The van der Waals surface area contributed by atoms with E-state index in [0.29, 0.717) is 11.8 Å². The van der Waals surface area contributed by atoms with Crippen molar-refractivity contribution in [2.75, 3.05) is 5.73 Å². The van der Waals surface area contributed by atoms with Gasteiger partial charge in [0.1, 0.15) is 15.5 Å². The van der Waals surface area contributed by atoms with E-state index in [2.05, 4.69) is 16.3 Å². The van der Waals surface area contributed by atoms with E-state index < -0.39 is 46.9 Å². The summed E-state index contributed by atoms with van der Waals surface area (Å²) in [5.41, 5.74) is 10.9. The van der Waals surface area contributed by atoms with Crippen molar-refractivity contribution in [2.24, 2.45) is 10.2 Å². The van der Waals surface area contributed by atoms with Crippen molar-refractivity contribution in [3.63, 3.8) is 0 Å². The van der Waals surface area contributed by atoms with Crippen LogP contribution in [0.1, 0.15) is 16.7 Å². The lowest BCUT2D eigenvalue weighted by Gasteiger charge is -2.13. The summed E-state index contributed by atoms with van der Waals surface area (Å²) in [5, 5.41) is 18.3. The lowest BCUT2D eigenvalue weighted by atomic mass is 9.95. The van der Waals surface area contributed by atoms with Gasteiger partial charge >= 0.3 is 0 Å². The van der Waals surface area contributed by atoms with Gasteiger partial charge in [-0.25, -0.2) is 0 Å². The number of nitrogens with two attached hydrogens (primary N) is 1. The van der Waals surface area contributed by atoms with E-state index in [-0.39, 0.29) is 11.1 Å². The quantitative estimate of drug-likeness (QED) is 0.142. The van der Waals surface area contributed by atoms with Gasteiger partial charge in [0.15, 0.2) is 5.75 Å². The summed E-state index contributed by atoms with van der Waals surface area (Å²) in [7, 11) is -9.94. The highest BCUT2D eigenvalue weighted by molar-refractivity contribution is 7.87. The average Bonchev–Trinajstić information content (AvgIpc) is 2.77. The summed E-state index contributed by atoms with van der Waals surface area (Å²) >= 11 is 0. The highest BCUT2D eigenvalue weighted by atomic mass is 32.2. The van der Waals surface area contributed by atoms with Crippen molar-refractivity contribution in [3.8, 4) is 16.9 Å². The van der Waals surface area contributed by atoms with Crippen LogP contribution in [0.25, 0.3) is 21.9 Å². The maximum Gasteiger partial charge on any atom is 0.296 e. The maximum absolute atomic E-state index is 11.9. The number of anilines is 1. The topological polar surface area (TPSA) is 180 Å². The molecule has 0 heterocycles. The molecule has 192 valence electrons. The molecule has 4 rings (SSSR count). The Hall–Kier alpha value is -3.84. The summed E-state index contributed by atoms with van der Waals surface area (Å²) in [6, 6.07) is 14.6. The molecule has 0 atom stereocenters. The van der Waals surface area contributed by atoms with E-state index in [9.17, 15) is 31.0 Å². The van der Waals surface area contributed by atoms with Gasteiger partial charge in [-0.1, -0.05) is 35.9 Å². The highest BCUT2D eigenvalue weighted by Gasteiger charge is 2.26. The lowest BCUT2D eigenvalue weighted by Crippen LogP contribution is -2.08. The summed E-state index contributed by atoms with van der Waals surface area (Å²) in [4.78, 5) is -1.85. The number of benzene rings is 4. The molecular formula is C25H23N3O7S2. The zero-order valence-corrected chi connectivity index (χ0v) is 21.6. The molecule has 0 amide bonds. The van der Waals surface area contributed by atoms with Gasteiger partial charge in [0.25, 0.3) is 20.2 Å². The van der Waals surface area contributed by atoms with Crippen LogP contribution < -0.4 is 5.73 Å². The number of hydrogen-bond acceptors (Lipinski definition) is 8. The first-order valence-electron chi connectivity index (χ1n) is 10.8. The van der Waals surface area contributed by atoms with Gasteiger partial charge in [0, 0.05) is 5.39 Å². The molecule has 0 saturated carbocycles. The van der Waals surface area contributed by atoms with Crippen molar-refractivity contribution in [1.82, 2.24) is 0 Å². The Kier molecular flexibility index (Phi) is 6.54. The molecule has 0 fully saturated rings. The van der Waals surface area contributed by atoms with Crippen LogP contribution in [-0.2, 0) is 20.2 Å². The molecule has 0 aliphatic rings. The molecule has 0 aromatic heterocycles. The third-order valence-electron chi connectivity index (χ3n) is 5.93. The SMILES string of the molecule is Cc1ccc(-c2ccc(N=Nc3ccc4c(S(=O)(=O)O)cc(S(=O)(=O)O)c(N)c4c3O)cc2C)c(C)c1. The van der Waals surface area contributed by atoms with Crippen LogP contribution >= 0.6 is 0 Å². The Morgan fingerprint density at radius 1 is 0.730 bits per heavy atom. The molecule has 12 heteroatoms. The fourth-order valence-corrected chi connectivity index (χ4v) is 5.64. The molecule has 0 aliphatic heterocycles. The second-order valence-corrected chi connectivity index (χ2v) is 11.4. The number of azo groups is 1. The lowest BCUT2D eigenvalue weighted by molar-refractivity contribution is 0.481. The average molecular weight is 542 g/mol. The number of hydrogen-bond donors (Lipinski definition) is 4. The Bertz CT molecular complexity index is 1830. The summed E-state index contributed by atoms with van der Waals surface area (Å²) in [6.45, 7) is 5.98. The first-order valence-corrected chi connectivity index (χ1v) is 13.7. The molecular weight excluding hydrogens is 518 g/mol. The summed E-state index contributed by atoms with van der Waals surface area (Å²) in [6.07, 6.45) is 0. The molecule has 0 saturated heterocycles. The number of aryl methyl sites for hydroxylation is 3. The zero-order chi connectivity index (χ0) is 27.3. The third kappa shape index (κ3) is 5.04. The molecule has 0 aliphatic carbocycles. The number of aromatic hydroxyl groups is 1. The van der Waals surface area contributed by atoms with Gasteiger partial charge in [-0.05, 0) is 67.3 Å². The standard InChI is InChI=1S/C25H23N3O7S2/c1-13-4-6-17(14(2)10-13)18-7-5-16(11-15(18)3)27-28-20-9-8-19-21(36(30,31)32)12-22(37(33,34)35)24(26)23(19)25(20)29/h4-12,29H,26H2,1-3H3,(H,30,31,32)(H,33,34,35). The normalized spacial score (nSPS) is 12.5. The molecule has 0 radical (unpaired) electrons. The van der Waals surface area contributed by atoms with Gasteiger partial charge < -0.3 is 10.8 Å². The minimum absolute atomic E-state index is 0.149. The minimum atomic E-state index is -5.00. The Labute approximate surface area is 213 Å². The van der Waals surface area contributed by atoms with Crippen LogP contribution in [0, 0.1) is 20.8 Å². The van der Waals surface area contributed by atoms with Crippen LogP contribution in [0.2, 0.25) is 0 Å². The highest BCUT2D eigenvalue weighted by Crippen LogP contribution is 2.43. The largest absolute Gasteiger partial charge is 0.505 e. The van der Waals surface area contributed by atoms with Crippen LogP contribution in [0.15, 0.2) is 74.6 Å². The molecule has 5 N–H and O–H groups in total. The maximum atomic E-state index is 11.9. The van der Waals surface area contributed by atoms with E-state index >= 15 is 0 Å². The van der Waals surface area contributed by atoms with Crippen molar-refractivity contribution >= 4 is 48.1 Å². The van der Waals surface area contributed by atoms with Gasteiger partial charge in [0.2, 0.25) is 0 Å². The van der Waals surface area contributed by atoms with Crippen molar-refractivity contribution in [2.45, 2.75) is 30.6 Å². The van der Waals surface area contributed by atoms with Crippen LogP contribution in [0.3, 0.4) is 0 Å². The van der Waals surface area contributed by atoms with Gasteiger partial charge in [-0.15, -0.1) is 5.11 Å². The van der Waals surface area contributed by atoms with E-state index in [0.717, 1.165) is 27.8 Å². The van der Waals surface area contributed by atoms with Crippen molar-refractivity contribution in [1.29, 1.82) is 0 Å². The van der Waals surface area contributed by atoms with Gasteiger partial charge in [0.05, 0.1) is 16.8 Å². The van der Waals surface area contributed by atoms with Gasteiger partial charge in [-0.2, -0.15) is 21.9 Å². The molecule has 0 spiro atoms. The third-order valence-corrected chi connectivity index (χ3v) is 7.72. The van der Waals surface area contributed by atoms with E-state index in [4.69, 9.17) is 5.73 Å². The molecule has 10 nitrogen and oxygen atoms in total. The number of phenols is 1. The number of rotatable bonds is 5. The van der Waals surface area contributed by atoms with E-state index in [1.54, 1.807) is 12.1 Å². The van der Waals surface area contributed by atoms with Crippen LogP contribution in [0.4, 0.5) is 17.1 Å². The van der Waals surface area contributed by atoms with E-state index in [1.807, 2.05) is 39.0 Å². The molecule has 0 bridgehead atoms. The second-order valence-electron chi connectivity index (χ2n) is 8.61. The summed E-state index contributed by atoms with van der Waals surface area (Å²) in [5.74, 6) is -0.683. The zero-order valence-electron chi connectivity index (χ0n) is 20.0. The Balaban J connectivity index is 1.82. The second kappa shape index (κ2) is 9.23. The fourth-order valence-electron chi connectivity index (χ4n) is 4.20. The van der Waals surface area contributed by atoms with Crippen molar-refractivity contribution in [3.05, 3.63) is 71.3 Å². The first kappa shape index (κ1) is 26.2. The Morgan fingerprint density at radius 3 is 1.89 bits per heavy atom. The predicted molar refractivity (Wildman–Crippen MR) is 140 cm³/mol. The minimum Gasteiger partial charge on any atom is -0.505 e.